The van der Waals surface area contributed by atoms with Crippen LogP contribution in [-0.2, 0) is 11.3 Å². The fourth-order valence-electron chi connectivity index (χ4n) is 1.72. The lowest BCUT2D eigenvalue weighted by atomic mass is 10.3. The quantitative estimate of drug-likeness (QED) is 0.723. The highest BCUT2D eigenvalue weighted by Crippen LogP contribution is 2.13. The van der Waals surface area contributed by atoms with Crippen molar-refractivity contribution in [3.63, 3.8) is 0 Å². The maximum atomic E-state index is 11.5. The minimum absolute atomic E-state index is 0.0974. The molecule has 0 spiro atoms. The molecule has 0 aliphatic rings. The Hall–Kier alpha value is -1.58. The molecule has 0 saturated heterocycles. The molecule has 1 aromatic rings. The minimum atomic E-state index is 0.0974. The molecular weight excluding hydrogens is 204 g/mol. The summed E-state index contributed by atoms with van der Waals surface area (Å²) < 4.78 is 2.01. The van der Waals surface area contributed by atoms with Crippen LogP contribution in [0.3, 0.4) is 0 Å². The van der Waals surface area contributed by atoms with Crippen LogP contribution in [0, 0.1) is 13.8 Å². The van der Waals surface area contributed by atoms with Gasteiger partial charge in [-0.2, -0.15) is 0 Å². The Morgan fingerprint density at radius 3 is 2.50 bits per heavy atom. The molecule has 0 fully saturated rings. The molecule has 0 atom stereocenters. The number of carbonyl (C=O) groups is 2. The van der Waals surface area contributed by atoms with Gasteiger partial charge in [-0.1, -0.05) is 0 Å². The summed E-state index contributed by atoms with van der Waals surface area (Å²) in [7, 11) is 3.49. The van der Waals surface area contributed by atoms with Crippen molar-refractivity contribution in [2.45, 2.75) is 26.8 Å². The molecule has 88 valence electrons. The second-order valence-corrected chi connectivity index (χ2v) is 4.13. The second kappa shape index (κ2) is 4.96. The van der Waals surface area contributed by atoms with Gasteiger partial charge in [0.2, 0.25) is 5.91 Å². The highest BCUT2D eigenvalue weighted by Gasteiger charge is 2.10. The van der Waals surface area contributed by atoms with E-state index in [0.717, 1.165) is 17.7 Å². The predicted molar refractivity (Wildman–Crippen MR) is 62.6 cm³/mol. The van der Waals surface area contributed by atoms with E-state index in [1.165, 1.54) is 0 Å². The van der Waals surface area contributed by atoms with Crippen molar-refractivity contribution in [2.24, 2.45) is 0 Å². The molecule has 1 amide bonds. The number of hydrogen-bond donors (Lipinski definition) is 0. The van der Waals surface area contributed by atoms with Crippen LogP contribution in [0.15, 0.2) is 6.07 Å². The SMILES string of the molecule is Cc1cc(C=O)c(C)n1CCC(=O)N(C)C. The number of aryl methyl sites for hydroxylation is 1. The van der Waals surface area contributed by atoms with Crippen molar-refractivity contribution in [3.05, 3.63) is 23.0 Å². The lowest BCUT2D eigenvalue weighted by Gasteiger charge is -2.12. The molecule has 4 heteroatoms. The molecule has 1 aromatic heterocycles. The number of aldehydes is 1. The number of amides is 1. The van der Waals surface area contributed by atoms with Crippen LogP contribution in [0.5, 0.6) is 0 Å². The summed E-state index contributed by atoms with van der Waals surface area (Å²) in [6.07, 6.45) is 1.31. The van der Waals surface area contributed by atoms with E-state index in [0.29, 0.717) is 18.5 Å². The van der Waals surface area contributed by atoms with Gasteiger partial charge in [-0.25, -0.2) is 0 Å². The van der Waals surface area contributed by atoms with Gasteiger partial charge in [0.25, 0.3) is 0 Å². The van der Waals surface area contributed by atoms with Crippen LogP contribution in [0.25, 0.3) is 0 Å². The molecule has 0 aromatic carbocycles. The summed E-state index contributed by atoms with van der Waals surface area (Å²) in [5.74, 6) is 0.0974. The predicted octanol–water partition coefficient (Wildman–Crippen LogP) is 1.40. The summed E-state index contributed by atoms with van der Waals surface area (Å²) in [6, 6.07) is 1.85. The molecule has 4 nitrogen and oxygen atoms in total. The Balaban J connectivity index is 2.78. The van der Waals surface area contributed by atoms with Gasteiger partial charge in [-0.05, 0) is 19.9 Å². The van der Waals surface area contributed by atoms with Gasteiger partial charge in [-0.3, -0.25) is 9.59 Å². The van der Waals surface area contributed by atoms with E-state index in [4.69, 9.17) is 0 Å². The summed E-state index contributed by atoms with van der Waals surface area (Å²) in [6.45, 7) is 4.47. The summed E-state index contributed by atoms with van der Waals surface area (Å²) in [5.41, 5.74) is 2.65. The number of aromatic nitrogens is 1. The van der Waals surface area contributed by atoms with E-state index < -0.39 is 0 Å². The lowest BCUT2D eigenvalue weighted by molar-refractivity contribution is -0.128. The maximum Gasteiger partial charge on any atom is 0.223 e. The number of rotatable bonds is 4. The van der Waals surface area contributed by atoms with Gasteiger partial charge in [-0.15, -0.1) is 0 Å². The van der Waals surface area contributed by atoms with Gasteiger partial charge in [0.05, 0.1) is 0 Å². The molecule has 1 heterocycles. The smallest absolute Gasteiger partial charge is 0.223 e. The van der Waals surface area contributed by atoms with E-state index in [-0.39, 0.29) is 5.91 Å². The van der Waals surface area contributed by atoms with Gasteiger partial charge in [0, 0.05) is 44.0 Å². The summed E-state index contributed by atoms with van der Waals surface area (Å²) in [4.78, 5) is 23.8. The van der Waals surface area contributed by atoms with Gasteiger partial charge in [0.15, 0.2) is 6.29 Å². The Bertz CT molecular complexity index is 405. The average molecular weight is 222 g/mol. The molecule has 0 bridgehead atoms. The minimum Gasteiger partial charge on any atom is -0.349 e. The molecule has 0 N–H and O–H groups in total. The Morgan fingerprint density at radius 2 is 2.06 bits per heavy atom. The first-order chi connectivity index (χ1) is 7.47. The normalized spacial score (nSPS) is 10.2. The first kappa shape index (κ1) is 12.5. The third-order valence-electron chi connectivity index (χ3n) is 2.79. The number of carbonyl (C=O) groups excluding carboxylic acids is 2. The Labute approximate surface area is 95.9 Å². The van der Waals surface area contributed by atoms with E-state index in [1.807, 2.05) is 24.5 Å². The molecule has 16 heavy (non-hydrogen) atoms. The molecule has 0 aliphatic carbocycles. The fourth-order valence-corrected chi connectivity index (χ4v) is 1.72. The van der Waals surface area contributed by atoms with Gasteiger partial charge >= 0.3 is 0 Å². The highest BCUT2D eigenvalue weighted by atomic mass is 16.2. The van der Waals surface area contributed by atoms with Crippen molar-refractivity contribution >= 4 is 12.2 Å². The molecule has 0 saturated carbocycles. The van der Waals surface area contributed by atoms with Crippen molar-refractivity contribution in [3.8, 4) is 0 Å². The zero-order chi connectivity index (χ0) is 12.3. The zero-order valence-corrected chi connectivity index (χ0v) is 10.3. The summed E-state index contributed by atoms with van der Waals surface area (Å²) in [5, 5.41) is 0. The van der Waals surface area contributed by atoms with Crippen molar-refractivity contribution in [1.29, 1.82) is 0 Å². The fraction of sp³-hybridized carbons (Fsp3) is 0.500. The monoisotopic (exact) mass is 222 g/mol. The molecular formula is C12H18N2O2. The lowest BCUT2D eigenvalue weighted by Crippen LogP contribution is -2.23. The van der Waals surface area contributed by atoms with Crippen LogP contribution in [-0.4, -0.2) is 35.8 Å². The zero-order valence-electron chi connectivity index (χ0n) is 10.3. The van der Waals surface area contributed by atoms with Crippen LogP contribution in [0.4, 0.5) is 0 Å². The maximum absolute atomic E-state index is 11.5. The molecule has 1 rings (SSSR count). The third-order valence-corrected chi connectivity index (χ3v) is 2.79. The number of nitrogens with zero attached hydrogens (tertiary/aromatic N) is 2. The topological polar surface area (TPSA) is 42.3 Å². The van der Waals surface area contributed by atoms with Crippen molar-refractivity contribution < 1.29 is 9.59 Å². The second-order valence-electron chi connectivity index (χ2n) is 4.13. The van der Waals surface area contributed by atoms with Crippen LogP contribution in [0.2, 0.25) is 0 Å². The molecule has 0 radical (unpaired) electrons. The van der Waals surface area contributed by atoms with E-state index in [2.05, 4.69) is 0 Å². The van der Waals surface area contributed by atoms with Crippen LogP contribution < -0.4 is 0 Å². The first-order valence-corrected chi connectivity index (χ1v) is 5.29. The third kappa shape index (κ3) is 2.51. The Morgan fingerprint density at radius 1 is 1.44 bits per heavy atom. The van der Waals surface area contributed by atoms with E-state index in [1.54, 1.807) is 19.0 Å². The Kier molecular flexibility index (Phi) is 3.88. The highest BCUT2D eigenvalue weighted by molar-refractivity contribution is 5.77. The summed E-state index contributed by atoms with van der Waals surface area (Å²) >= 11 is 0. The van der Waals surface area contributed by atoms with Gasteiger partial charge < -0.3 is 9.47 Å². The molecule has 0 unspecified atom stereocenters. The van der Waals surface area contributed by atoms with Gasteiger partial charge in [0.1, 0.15) is 0 Å². The van der Waals surface area contributed by atoms with Crippen molar-refractivity contribution in [1.82, 2.24) is 9.47 Å². The standard InChI is InChI=1S/C12H18N2O2/c1-9-7-11(8-15)10(2)14(9)6-5-12(16)13(3)4/h7-8H,5-6H2,1-4H3. The van der Waals surface area contributed by atoms with Crippen LogP contribution >= 0.6 is 0 Å². The molecule has 0 aliphatic heterocycles. The largest absolute Gasteiger partial charge is 0.349 e. The van der Waals surface area contributed by atoms with Crippen molar-refractivity contribution in [2.75, 3.05) is 14.1 Å². The first-order valence-electron chi connectivity index (χ1n) is 5.29. The average Bonchev–Trinajstić information content (AvgIpc) is 2.51. The van der Waals surface area contributed by atoms with Crippen LogP contribution in [0.1, 0.15) is 28.2 Å². The number of hydrogen-bond acceptors (Lipinski definition) is 2. The van der Waals surface area contributed by atoms with E-state index >= 15 is 0 Å². The van der Waals surface area contributed by atoms with E-state index in [9.17, 15) is 9.59 Å².